The van der Waals surface area contributed by atoms with Crippen LogP contribution in [-0.2, 0) is 4.79 Å². The summed E-state index contributed by atoms with van der Waals surface area (Å²) in [7, 11) is 0. The number of rotatable bonds is 13. The molecule has 1 rings (SSSR count). The Balaban J connectivity index is 0.000000972. The monoisotopic (exact) mass is 348 g/mol. The van der Waals surface area contributed by atoms with Gasteiger partial charge in [0.2, 0.25) is 0 Å². The Morgan fingerprint density at radius 1 is 1.00 bits per heavy atom. The zero-order chi connectivity index (χ0) is 18.4. The largest absolute Gasteiger partial charge is 0.481 e. The standard InChI is InChI=1S/C18H30O2.C3H6N2/c1-2-3-4-5-6-7-8-9-10-11-12-13-14-15-16-17-18(19)20;1-2-5-3-4-1/h3-4,6-7,9-10H,2,5,8,11-17H2,1H3,(H,19,20);3H,1-2H2,(H,4,5)/b4-3-,7-6-,10-9-;. The van der Waals surface area contributed by atoms with Gasteiger partial charge in [-0.2, -0.15) is 0 Å². The molecular formula is C21H36N2O2. The molecular weight excluding hydrogens is 312 g/mol. The number of unbranched alkanes of at least 4 members (excludes halogenated alkanes) is 5. The lowest BCUT2D eigenvalue weighted by Gasteiger charge is -1.98. The number of nitrogens with one attached hydrogen (secondary N) is 1. The van der Waals surface area contributed by atoms with Gasteiger partial charge in [0.25, 0.3) is 0 Å². The number of carboxylic acids is 1. The van der Waals surface area contributed by atoms with Crippen LogP contribution >= 0.6 is 0 Å². The third kappa shape index (κ3) is 22.2. The number of carboxylic acid groups (broad SMARTS) is 1. The van der Waals surface area contributed by atoms with Crippen LogP contribution in [0.3, 0.4) is 0 Å². The zero-order valence-corrected chi connectivity index (χ0v) is 15.8. The van der Waals surface area contributed by atoms with E-state index in [2.05, 4.69) is 53.7 Å². The van der Waals surface area contributed by atoms with E-state index in [1.165, 1.54) is 12.8 Å². The molecule has 4 heteroatoms. The van der Waals surface area contributed by atoms with Gasteiger partial charge >= 0.3 is 5.97 Å². The molecule has 1 aliphatic heterocycles. The van der Waals surface area contributed by atoms with Crippen LogP contribution in [0.25, 0.3) is 0 Å². The Labute approximate surface area is 153 Å². The SMILES string of the molecule is C1=NCCN1.CC/C=C\C/C=C\C/C=C\CCCCCCCC(=O)O. The molecule has 0 saturated carbocycles. The van der Waals surface area contributed by atoms with Crippen molar-refractivity contribution in [3.8, 4) is 0 Å². The molecule has 0 bridgehead atoms. The Morgan fingerprint density at radius 2 is 1.64 bits per heavy atom. The molecule has 0 atom stereocenters. The zero-order valence-electron chi connectivity index (χ0n) is 15.8. The number of allylic oxidation sites excluding steroid dienone is 6. The normalized spacial score (nSPS) is 13.5. The first-order chi connectivity index (χ1) is 12.3. The number of hydrogen-bond acceptors (Lipinski definition) is 3. The lowest BCUT2D eigenvalue weighted by Crippen LogP contribution is -2.04. The molecule has 25 heavy (non-hydrogen) atoms. The maximum absolute atomic E-state index is 10.3. The van der Waals surface area contributed by atoms with E-state index >= 15 is 0 Å². The first-order valence-electron chi connectivity index (χ1n) is 9.65. The number of aliphatic carboxylic acids is 1. The molecule has 4 nitrogen and oxygen atoms in total. The van der Waals surface area contributed by atoms with E-state index in [-0.39, 0.29) is 0 Å². The quantitative estimate of drug-likeness (QED) is 0.352. The molecule has 2 N–H and O–H groups in total. The molecule has 0 aliphatic carbocycles. The van der Waals surface area contributed by atoms with Crippen molar-refractivity contribution in [2.45, 2.75) is 71.1 Å². The highest BCUT2D eigenvalue weighted by Crippen LogP contribution is 2.07. The molecule has 0 saturated heterocycles. The number of carbonyl (C=O) groups is 1. The first-order valence-corrected chi connectivity index (χ1v) is 9.65. The van der Waals surface area contributed by atoms with Gasteiger partial charge in [0.05, 0.1) is 12.9 Å². The second kappa shape index (κ2) is 20.2. The van der Waals surface area contributed by atoms with Gasteiger partial charge in [-0.1, -0.05) is 62.6 Å². The second-order valence-corrected chi connectivity index (χ2v) is 5.98. The predicted molar refractivity (Wildman–Crippen MR) is 108 cm³/mol. The summed E-state index contributed by atoms with van der Waals surface area (Å²) in [6.45, 7) is 4.13. The fraction of sp³-hybridized carbons (Fsp3) is 0.619. The van der Waals surface area contributed by atoms with Crippen LogP contribution in [-0.4, -0.2) is 30.5 Å². The topological polar surface area (TPSA) is 61.7 Å². The summed E-state index contributed by atoms with van der Waals surface area (Å²) in [6.07, 6.45) is 25.1. The van der Waals surface area contributed by atoms with Crippen molar-refractivity contribution in [3.63, 3.8) is 0 Å². The van der Waals surface area contributed by atoms with E-state index in [4.69, 9.17) is 5.11 Å². The van der Waals surface area contributed by atoms with E-state index in [1.54, 1.807) is 6.34 Å². The van der Waals surface area contributed by atoms with E-state index in [1.807, 2.05) is 0 Å². The van der Waals surface area contributed by atoms with Crippen LogP contribution in [0.5, 0.6) is 0 Å². The van der Waals surface area contributed by atoms with Gasteiger partial charge in [0.1, 0.15) is 0 Å². The summed E-state index contributed by atoms with van der Waals surface area (Å²) < 4.78 is 0. The Hall–Kier alpha value is -1.84. The molecule has 0 aromatic carbocycles. The fourth-order valence-electron chi connectivity index (χ4n) is 2.22. The Bertz CT molecular complexity index is 406. The fourth-order valence-corrected chi connectivity index (χ4v) is 2.22. The van der Waals surface area contributed by atoms with E-state index < -0.39 is 5.97 Å². The van der Waals surface area contributed by atoms with Crippen molar-refractivity contribution < 1.29 is 9.90 Å². The minimum Gasteiger partial charge on any atom is -0.481 e. The summed E-state index contributed by atoms with van der Waals surface area (Å²) in [5, 5.41) is 11.4. The summed E-state index contributed by atoms with van der Waals surface area (Å²) in [6, 6.07) is 0. The van der Waals surface area contributed by atoms with Gasteiger partial charge < -0.3 is 10.4 Å². The summed E-state index contributed by atoms with van der Waals surface area (Å²) in [4.78, 5) is 14.2. The maximum atomic E-state index is 10.3. The van der Waals surface area contributed by atoms with Gasteiger partial charge in [-0.05, 0) is 38.5 Å². The molecule has 0 aromatic rings. The molecule has 0 unspecified atom stereocenters. The summed E-state index contributed by atoms with van der Waals surface area (Å²) in [5.74, 6) is -0.675. The van der Waals surface area contributed by atoms with E-state index in [0.29, 0.717) is 6.42 Å². The van der Waals surface area contributed by atoms with Crippen LogP contribution in [0.1, 0.15) is 71.1 Å². The van der Waals surface area contributed by atoms with Gasteiger partial charge in [-0.3, -0.25) is 9.79 Å². The number of aliphatic imine (C=N–C) groups is 1. The number of nitrogens with zero attached hydrogens (tertiary/aromatic N) is 1. The maximum Gasteiger partial charge on any atom is 0.303 e. The smallest absolute Gasteiger partial charge is 0.303 e. The van der Waals surface area contributed by atoms with Gasteiger partial charge in [0, 0.05) is 13.0 Å². The van der Waals surface area contributed by atoms with Gasteiger partial charge in [-0.25, -0.2) is 0 Å². The Morgan fingerprint density at radius 3 is 2.20 bits per heavy atom. The minimum absolute atomic E-state index is 0.319. The molecule has 142 valence electrons. The summed E-state index contributed by atoms with van der Waals surface area (Å²) >= 11 is 0. The van der Waals surface area contributed by atoms with Crippen molar-refractivity contribution in [2.24, 2.45) is 4.99 Å². The summed E-state index contributed by atoms with van der Waals surface area (Å²) in [5.41, 5.74) is 0. The molecule has 1 heterocycles. The van der Waals surface area contributed by atoms with Crippen LogP contribution in [0.2, 0.25) is 0 Å². The third-order valence-electron chi connectivity index (χ3n) is 3.61. The second-order valence-electron chi connectivity index (χ2n) is 5.98. The highest BCUT2D eigenvalue weighted by atomic mass is 16.4. The van der Waals surface area contributed by atoms with Gasteiger partial charge in [-0.15, -0.1) is 0 Å². The third-order valence-corrected chi connectivity index (χ3v) is 3.61. The van der Waals surface area contributed by atoms with Crippen molar-refractivity contribution >= 4 is 12.3 Å². The first kappa shape index (κ1) is 23.2. The van der Waals surface area contributed by atoms with E-state index in [9.17, 15) is 4.79 Å². The van der Waals surface area contributed by atoms with Crippen LogP contribution in [0, 0.1) is 0 Å². The molecule has 0 radical (unpaired) electrons. The van der Waals surface area contributed by atoms with Crippen molar-refractivity contribution in [3.05, 3.63) is 36.5 Å². The van der Waals surface area contributed by atoms with Crippen molar-refractivity contribution in [1.82, 2.24) is 5.32 Å². The van der Waals surface area contributed by atoms with Gasteiger partial charge in [0.15, 0.2) is 0 Å². The van der Waals surface area contributed by atoms with E-state index in [0.717, 1.165) is 58.0 Å². The minimum atomic E-state index is -0.675. The average Bonchev–Trinajstić information content (AvgIpc) is 3.18. The van der Waals surface area contributed by atoms with Crippen LogP contribution < -0.4 is 5.32 Å². The molecule has 0 fully saturated rings. The highest BCUT2D eigenvalue weighted by Gasteiger charge is 1.95. The van der Waals surface area contributed by atoms with Crippen LogP contribution in [0.15, 0.2) is 41.4 Å². The van der Waals surface area contributed by atoms with Crippen molar-refractivity contribution in [2.75, 3.05) is 13.1 Å². The molecule has 0 aromatic heterocycles. The average molecular weight is 349 g/mol. The molecule has 1 aliphatic rings. The lowest BCUT2D eigenvalue weighted by molar-refractivity contribution is -0.137. The predicted octanol–water partition coefficient (Wildman–Crippen LogP) is 5.28. The van der Waals surface area contributed by atoms with Crippen LogP contribution in [0.4, 0.5) is 0 Å². The Kier molecular flexibility index (Phi) is 18.7. The van der Waals surface area contributed by atoms with Crippen molar-refractivity contribution in [1.29, 1.82) is 0 Å². The highest BCUT2D eigenvalue weighted by molar-refractivity contribution is 5.66. The lowest BCUT2D eigenvalue weighted by atomic mass is 10.1. The molecule has 0 spiro atoms. The number of hydrogen-bond donors (Lipinski definition) is 2. The molecule has 0 amide bonds.